The van der Waals surface area contributed by atoms with Crippen molar-refractivity contribution in [1.82, 2.24) is 9.78 Å². The van der Waals surface area contributed by atoms with Gasteiger partial charge in [-0.3, -0.25) is 4.68 Å². The molecule has 0 atom stereocenters. The largest absolute Gasteiger partial charge is 0.373 e. The van der Waals surface area contributed by atoms with Gasteiger partial charge in [0.15, 0.2) is 0 Å². The molecule has 0 bridgehead atoms. The van der Waals surface area contributed by atoms with Crippen molar-refractivity contribution in [2.45, 2.75) is 71.3 Å². The maximum absolute atomic E-state index is 5.55. The minimum atomic E-state index is -1.67. The van der Waals surface area contributed by atoms with Crippen LogP contribution in [0.4, 0.5) is 0 Å². The summed E-state index contributed by atoms with van der Waals surface area (Å²) >= 11 is 0. The van der Waals surface area contributed by atoms with Crippen molar-refractivity contribution in [1.29, 1.82) is 0 Å². The Hall–Kier alpha value is -1.05. The summed E-state index contributed by atoms with van der Waals surface area (Å²) < 4.78 is 7.59. The highest BCUT2D eigenvalue weighted by molar-refractivity contribution is 6.90. The number of rotatable bonds is 3. The molecule has 0 N–H and O–H groups in total. The van der Waals surface area contributed by atoms with Crippen LogP contribution in [0.15, 0.2) is 6.20 Å². The Morgan fingerprint density at radius 3 is 2.33 bits per heavy atom. The zero-order chi connectivity index (χ0) is 15.6. The van der Waals surface area contributed by atoms with Gasteiger partial charge in [0.2, 0.25) is 0 Å². The average Bonchev–Trinajstić information content (AvgIpc) is 2.82. The zero-order valence-corrected chi connectivity index (χ0v) is 15.2. The molecule has 0 aromatic carbocycles. The zero-order valence-electron chi connectivity index (χ0n) is 14.2. The summed E-state index contributed by atoms with van der Waals surface area (Å²) in [5.41, 5.74) is 7.95. The molecule has 1 aromatic rings. The average molecular weight is 305 g/mol. The predicted octanol–water partition coefficient (Wildman–Crippen LogP) is 3.98. The van der Waals surface area contributed by atoms with Crippen LogP contribution in [0.1, 0.15) is 52.8 Å². The molecule has 0 spiro atoms. The van der Waals surface area contributed by atoms with Crippen LogP contribution in [0.3, 0.4) is 0 Å². The predicted molar refractivity (Wildman–Crippen MR) is 89.8 cm³/mol. The quantitative estimate of drug-likeness (QED) is 0.624. The molecule has 0 saturated heterocycles. The molecule has 1 aromatic heterocycles. The van der Waals surface area contributed by atoms with E-state index in [0.29, 0.717) is 23.2 Å². The van der Waals surface area contributed by atoms with Gasteiger partial charge in [0.05, 0.1) is 37.2 Å². The molecule has 0 unspecified atom stereocenters. The molecule has 3 nitrogen and oxygen atoms in total. The fraction of sp³-hybridized carbons (Fsp3) is 0.706. The Morgan fingerprint density at radius 1 is 1.14 bits per heavy atom. The monoisotopic (exact) mass is 304 g/mol. The number of nitrogens with zero attached hydrogens (tertiary/aromatic N) is 2. The van der Waals surface area contributed by atoms with Gasteiger partial charge in [-0.15, -0.1) is 5.54 Å². The molecule has 1 aliphatic heterocycles. The maximum Gasteiger partial charge on any atom is 0.146 e. The molecule has 0 amide bonds. The van der Waals surface area contributed by atoms with Gasteiger partial charge >= 0.3 is 0 Å². The lowest BCUT2D eigenvalue weighted by Gasteiger charge is -2.38. The molecule has 1 aliphatic rings. The molecule has 0 aliphatic carbocycles. The highest BCUT2D eigenvalue weighted by Crippen LogP contribution is 2.40. The first-order valence-corrected chi connectivity index (χ1v) is 10.3. The normalized spacial score (nSPS) is 15.3. The molecule has 21 heavy (non-hydrogen) atoms. The lowest BCUT2D eigenvalue weighted by Crippen LogP contribution is -2.43. The first-order valence-electron chi connectivity index (χ1n) is 8.05. The standard InChI is InChI=1S/C17H28N2OSi/c1-13(2)21(14(3)4,15(5)6)10-7-16-11-18-19-8-9-20-12-17(16)19/h11,13-15H,8-9,12H2,1-6H3. The maximum atomic E-state index is 5.55. The van der Waals surface area contributed by atoms with E-state index in [4.69, 9.17) is 4.74 Å². The second kappa shape index (κ2) is 6.37. The molecule has 0 saturated carbocycles. The molecular formula is C17H28N2OSi. The molecule has 2 heterocycles. The van der Waals surface area contributed by atoms with Crippen molar-refractivity contribution in [3.8, 4) is 11.5 Å². The molecule has 0 radical (unpaired) electrons. The van der Waals surface area contributed by atoms with Gasteiger partial charge in [-0.1, -0.05) is 47.5 Å². The van der Waals surface area contributed by atoms with Crippen molar-refractivity contribution in [2.75, 3.05) is 6.61 Å². The van der Waals surface area contributed by atoms with Crippen LogP contribution in [0.5, 0.6) is 0 Å². The molecule has 116 valence electrons. The van der Waals surface area contributed by atoms with Crippen LogP contribution in [0.25, 0.3) is 0 Å². The molecule has 0 fully saturated rings. The number of aromatic nitrogens is 2. The summed E-state index contributed by atoms with van der Waals surface area (Å²) in [7, 11) is -1.67. The summed E-state index contributed by atoms with van der Waals surface area (Å²) in [6, 6.07) is 0. The van der Waals surface area contributed by atoms with E-state index in [0.717, 1.165) is 24.4 Å². The first-order chi connectivity index (χ1) is 9.89. The van der Waals surface area contributed by atoms with Gasteiger partial charge in [0.25, 0.3) is 0 Å². The third kappa shape index (κ3) is 2.95. The van der Waals surface area contributed by atoms with Crippen molar-refractivity contribution in [3.05, 3.63) is 17.5 Å². The summed E-state index contributed by atoms with van der Waals surface area (Å²) in [5.74, 6) is 3.49. The number of hydrogen-bond acceptors (Lipinski definition) is 2. The summed E-state index contributed by atoms with van der Waals surface area (Å²) in [6.45, 7) is 16.3. The van der Waals surface area contributed by atoms with E-state index in [1.807, 2.05) is 10.9 Å². The van der Waals surface area contributed by atoms with Crippen molar-refractivity contribution in [2.24, 2.45) is 0 Å². The van der Waals surface area contributed by atoms with E-state index in [1.54, 1.807) is 0 Å². The van der Waals surface area contributed by atoms with Gasteiger partial charge in [-0.2, -0.15) is 5.10 Å². The van der Waals surface area contributed by atoms with Gasteiger partial charge in [-0.25, -0.2) is 0 Å². The fourth-order valence-corrected chi connectivity index (χ4v) is 9.01. The van der Waals surface area contributed by atoms with Crippen LogP contribution in [-0.4, -0.2) is 24.5 Å². The molecule has 4 heteroatoms. The highest BCUT2D eigenvalue weighted by Gasteiger charge is 2.41. The Balaban J connectivity index is 2.40. The minimum absolute atomic E-state index is 0.642. The first kappa shape index (κ1) is 16.3. The Morgan fingerprint density at radius 2 is 1.76 bits per heavy atom. The topological polar surface area (TPSA) is 27.1 Å². The van der Waals surface area contributed by atoms with E-state index in [9.17, 15) is 0 Å². The lowest BCUT2D eigenvalue weighted by molar-refractivity contribution is 0.0799. The minimum Gasteiger partial charge on any atom is -0.373 e. The smallest absolute Gasteiger partial charge is 0.146 e. The van der Waals surface area contributed by atoms with Crippen LogP contribution in [-0.2, 0) is 17.9 Å². The van der Waals surface area contributed by atoms with Crippen LogP contribution in [0.2, 0.25) is 16.6 Å². The van der Waals surface area contributed by atoms with Crippen LogP contribution in [0, 0.1) is 11.5 Å². The van der Waals surface area contributed by atoms with Crippen molar-refractivity contribution >= 4 is 8.07 Å². The van der Waals surface area contributed by atoms with E-state index >= 15 is 0 Å². The Bertz CT molecular complexity index is 527. The fourth-order valence-electron chi connectivity index (χ4n) is 3.79. The van der Waals surface area contributed by atoms with Gasteiger partial charge in [0, 0.05) is 0 Å². The van der Waals surface area contributed by atoms with Crippen LogP contribution < -0.4 is 0 Å². The second-order valence-corrected chi connectivity index (χ2v) is 12.5. The third-order valence-corrected chi connectivity index (χ3v) is 11.2. The van der Waals surface area contributed by atoms with Crippen LogP contribution >= 0.6 is 0 Å². The van der Waals surface area contributed by atoms with E-state index in [-0.39, 0.29) is 0 Å². The molecule has 2 rings (SSSR count). The van der Waals surface area contributed by atoms with Gasteiger partial charge in [0.1, 0.15) is 8.07 Å². The Kier molecular flexibility index (Phi) is 4.95. The number of fused-ring (bicyclic) bond motifs is 1. The van der Waals surface area contributed by atoms with E-state index in [2.05, 4.69) is 58.1 Å². The number of ether oxygens (including phenoxy) is 1. The molecular weight excluding hydrogens is 276 g/mol. The summed E-state index contributed by atoms with van der Waals surface area (Å²) in [5, 5.41) is 4.44. The lowest BCUT2D eigenvalue weighted by atomic mass is 10.2. The van der Waals surface area contributed by atoms with Gasteiger partial charge < -0.3 is 4.74 Å². The summed E-state index contributed by atoms with van der Waals surface area (Å²) in [4.78, 5) is 0. The second-order valence-electron chi connectivity index (χ2n) is 6.93. The van der Waals surface area contributed by atoms with Gasteiger partial charge in [-0.05, 0) is 16.6 Å². The van der Waals surface area contributed by atoms with Crippen molar-refractivity contribution < 1.29 is 4.74 Å². The third-order valence-electron chi connectivity index (χ3n) is 4.91. The van der Waals surface area contributed by atoms with E-state index < -0.39 is 8.07 Å². The highest BCUT2D eigenvalue weighted by atomic mass is 28.3. The SMILES string of the molecule is CC(C)[Si](C#Cc1cnn2c1COCC2)(C(C)C)C(C)C. The number of hydrogen-bond donors (Lipinski definition) is 0. The Labute approximate surface area is 130 Å². The summed E-state index contributed by atoms with van der Waals surface area (Å²) in [6.07, 6.45) is 1.91. The van der Waals surface area contributed by atoms with Crippen molar-refractivity contribution in [3.63, 3.8) is 0 Å². The van der Waals surface area contributed by atoms with E-state index in [1.165, 1.54) is 0 Å².